The third-order valence-electron chi connectivity index (χ3n) is 1.59. The van der Waals surface area contributed by atoms with Gasteiger partial charge in [0.15, 0.2) is 11.9 Å². The summed E-state index contributed by atoms with van der Waals surface area (Å²) in [5.41, 5.74) is 1.29. The van der Waals surface area contributed by atoms with Gasteiger partial charge in [0.05, 0.1) is 5.38 Å². The molecule has 0 aliphatic rings. The molecule has 0 saturated carbocycles. The highest BCUT2D eigenvalue weighted by molar-refractivity contribution is 7.14. The number of pyridine rings is 1. The molecular formula is C8H8ClNO4S. The third kappa shape index (κ3) is 4.52. The molecule has 2 aromatic rings. The molecule has 0 amide bonds. The topological polar surface area (TPSA) is 96.3 Å². The molecule has 0 aliphatic heterocycles. The molecule has 0 radical (unpaired) electrons. The second kappa shape index (κ2) is 4.84. The summed E-state index contributed by atoms with van der Waals surface area (Å²) in [6, 6.07) is 6.32. The van der Waals surface area contributed by atoms with Crippen molar-refractivity contribution in [3.05, 3.63) is 35.5 Å². The summed E-state index contributed by atoms with van der Waals surface area (Å²) in [4.78, 5) is 1.31. The standard InChI is InChI=1S/C8H8NS.ClHO4/c1-7-3-2-4-8-9(7)5-6-10-8;2-1(3,4)5/h2-6H,1H3;(H,2,3,4,5)/q+1;/p-1. The van der Waals surface area contributed by atoms with Crippen molar-refractivity contribution in [3.8, 4) is 0 Å². The highest BCUT2D eigenvalue weighted by Crippen LogP contribution is 2.04. The van der Waals surface area contributed by atoms with Gasteiger partial charge >= 0.3 is 0 Å². The maximum absolute atomic E-state index is 8.49. The van der Waals surface area contributed by atoms with E-state index < -0.39 is 10.2 Å². The summed E-state index contributed by atoms with van der Waals surface area (Å²) >= 11 is 1.76. The lowest BCUT2D eigenvalue weighted by Gasteiger charge is -2.17. The Labute approximate surface area is 92.2 Å². The van der Waals surface area contributed by atoms with Crippen molar-refractivity contribution in [2.75, 3.05) is 0 Å². The van der Waals surface area contributed by atoms with E-state index in [2.05, 4.69) is 41.1 Å². The third-order valence-corrected chi connectivity index (χ3v) is 2.42. The van der Waals surface area contributed by atoms with Gasteiger partial charge in [-0.15, -0.1) is 10.2 Å². The van der Waals surface area contributed by atoms with Crippen LogP contribution in [-0.4, -0.2) is 0 Å². The predicted molar refractivity (Wildman–Crippen MR) is 42.2 cm³/mol. The number of nitrogens with zero attached hydrogens (tertiary/aromatic N) is 1. The molecular weight excluding hydrogens is 242 g/mol. The van der Waals surface area contributed by atoms with E-state index in [1.807, 2.05) is 0 Å². The smallest absolute Gasteiger partial charge is 0.222 e. The lowest BCUT2D eigenvalue weighted by atomic mass is 10.4. The van der Waals surface area contributed by atoms with E-state index >= 15 is 0 Å². The monoisotopic (exact) mass is 249 g/mol. The van der Waals surface area contributed by atoms with Gasteiger partial charge in [-0.05, 0) is 6.07 Å². The van der Waals surface area contributed by atoms with E-state index in [1.165, 1.54) is 10.5 Å². The molecule has 0 fully saturated rings. The molecule has 0 atom stereocenters. The fraction of sp³-hybridized carbons (Fsp3) is 0.125. The lowest BCUT2D eigenvalue weighted by molar-refractivity contribution is -2.00. The molecule has 0 bridgehead atoms. The molecule has 82 valence electrons. The first-order valence-corrected chi connectivity index (χ1v) is 5.95. The van der Waals surface area contributed by atoms with Gasteiger partial charge in [0.25, 0.3) is 4.83 Å². The first-order valence-electron chi connectivity index (χ1n) is 3.84. The molecule has 2 aromatic heterocycles. The molecule has 2 rings (SSSR count). The Balaban J connectivity index is 0.000000195. The average Bonchev–Trinajstić information content (AvgIpc) is 2.49. The van der Waals surface area contributed by atoms with E-state index in [4.69, 9.17) is 18.6 Å². The van der Waals surface area contributed by atoms with Gasteiger partial charge in [-0.2, -0.15) is 4.40 Å². The Morgan fingerprint density at radius 3 is 2.33 bits per heavy atom. The van der Waals surface area contributed by atoms with Crippen LogP contribution < -0.4 is 23.0 Å². The maximum atomic E-state index is 8.49. The number of hydrogen-bond donors (Lipinski definition) is 0. The van der Waals surface area contributed by atoms with Gasteiger partial charge in [0.1, 0.15) is 0 Å². The molecule has 0 N–H and O–H groups in total. The Bertz CT molecular complexity index is 433. The van der Waals surface area contributed by atoms with Crippen LogP contribution in [0.5, 0.6) is 0 Å². The van der Waals surface area contributed by atoms with Crippen LogP contribution in [-0.2, 0) is 0 Å². The summed E-state index contributed by atoms with van der Waals surface area (Å²) in [5, 5.41) is 2.10. The van der Waals surface area contributed by atoms with Crippen LogP contribution in [0.25, 0.3) is 4.83 Å². The van der Waals surface area contributed by atoms with Gasteiger partial charge in [0.2, 0.25) is 0 Å². The molecule has 0 spiro atoms. The second-order valence-electron chi connectivity index (χ2n) is 2.66. The molecule has 0 unspecified atom stereocenters. The fourth-order valence-electron chi connectivity index (χ4n) is 1.05. The van der Waals surface area contributed by atoms with E-state index in [0.717, 1.165) is 0 Å². The zero-order valence-electron chi connectivity index (χ0n) is 7.75. The Kier molecular flexibility index (Phi) is 3.97. The van der Waals surface area contributed by atoms with Gasteiger partial charge in [-0.1, -0.05) is 11.3 Å². The van der Waals surface area contributed by atoms with Crippen molar-refractivity contribution >= 4 is 16.2 Å². The minimum atomic E-state index is -4.94. The lowest BCUT2D eigenvalue weighted by Crippen LogP contribution is -2.68. The van der Waals surface area contributed by atoms with E-state index in [9.17, 15) is 0 Å². The maximum Gasteiger partial charge on any atom is 0.267 e. The molecule has 0 aliphatic carbocycles. The van der Waals surface area contributed by atoms with Crippen LogP contribution in [0.4, 0.5) is 0 Å². The summed E-state index contributed by atoms with van der Waals surface area (Å²) in [6.07, 6.45) is 2.09. The summed E-state index contributed by atoms with van der Waals surface area (Å²) in [6.45, 7) is 2.11. The van der Waals surface area contributed by atoms with Gasteiger partial charge in [0, 0.05) is 19.1 Å². The minimum absolute atomic E-state index is 1.29. The summed E-state index contributed by atoms with van der Waals surface area (Å²) < 4.78 is 36.2. The normalized spacial score (nSPS) is 11.0. The minimum Gasteiger partial charge on any atom is -0.222 e. The highest BCUT2D eigenvalue weighted by atomic mass is 35.7. The Morgan fingerprint density at radius 1 is 1.20 bits per heavy atom. The van der Waals surface area contributed by atoms with Crippen LogP contribution in [0.15, 0.2) is 29.8 Å². The zero-order chi connectivity index (χ0) is 11.5. The second-order valence-corrected chi connectivity index (χ2v) is 4.34. The van der Waals surface area contributed by atoms with Crippen molar-refractivity contribution in [1.29, 1.82) is 0 Å². The van der Waals surface area contributed by atoms with Crippen LogP contribution in [0, 0.1) is 17.2 Å². The van der Waals surface area contributed by atoms with Gasteiger partial charge < -0.3 is 0 Å². The number of aromatic nitrogens is 1. The number of rotatable bonds is 0. The van der Waals surface area contributed by atoms with E-state index in [-0.39, 0.29) is 0 Å². The van der Waals surface area contributed by atoms with Crippen LogP contribution >= 0.6 is 11.3 Å². The zero-order valence-corrected chi connectivity index (χ0v) is 9.33. The molecule has 7 heteroatoms. The number of hydrogen-bond acceptors (Lipinski definition) is 5. The summed E-state index contributed by atoms with van der Waals surface area (Å²) in [5.74, 6) is 0. The van der Waals surface area contributed by atoms with E-state index in [0.29, 0.717) is 0 Å². The number of halogens is 1. The first kappa shape index (κ1) is 12.3. The fourth-order valence-corrected chi connectivity index (χ4v) is 1.85. The van der Waals surface area contributed by atoms with Crippen molar-refractivity contribution in [2.24, 2.45) is 0 Å². The SMILES string of the molecule is Cc1cccc2scc[n+]12.[O-][Cl+3]([O-])([O-])[O-]. The largest absolute Gasteiger partial charge is 0.267 e. The van der Waals surface area contributed by atoms with Crippen LogP contribution in [0.1, 0.15) is 5.69 Å². The van der Waals surface area contributed by atoms with Gasteiger partial charge in [-0.3, -0.25) is 0 Å². The van der Waals surface area contributed by atoms with Crippen molar-refractivity contribution in [2.45, 2.75) is 6.92 Å². The van der Waals surface area contributed by atoms with Crippen LogP contribution in [0.3, 0.4) is 0 Å². The molecule has 5 nitrogen and oxygen atoms in total. The first-order chi connectivity index (χ1) is 6.88. The Morgan fingerprint density at radius 2 is 1.80 bits per heavy atom. The predicted octanol–water partition coefficient (Wildman–Crippen LogP) is -2.96. The quantitative estimate of drug-likeness (QED) is 0.466. The molecule has 0 aromatic carbocycles. The van der Waals surface area contributed by atoms with Crippen molar-refractivity contribution in [1.82, 2.24) is 0 Å². The summed E-state index contributed by atoms with van der Waals surface area (Å²) in [7, 11) is -4.94. The number of aryl methyl sites for hydroxylation is 1. The highest BCUT2D eigenvalue weighted by Gasteiger charge is 2.03. The number of fused-ring (bicyclic) bond motifs is 1. The Hall–Kier alpha value is -0.760. The van der Waals surface area contributed by atoms with Crippen molar-refractivity contribution < 1.29 is 33.3 Å². The average molecular weight is 250 g/mol. The van der Waals surface area contributed by atoms with Gasteiger partial charge in [-0.25, -0.2) is 18.6 Å². The molecule has 2 heterocycles. The molecule has 15 heavy (non-hydrogen) atoms. The van der Waals surface area contributed by atoms with Crippen LogP contribution in [0.2, 0.25) is 0 Å². The number of thiazole rings is 1. The van der Waals surface area contributed by atoms with E-state index in [1.54, 1.807) is 11.3 Å². The van der Waals surface area contributed by atoms with Crippen molar-refractivity contribution in [3.63, 3.8) is 0 Å². The molecule has 0 saturated heterocycles.